The number of nitrogens with two attached hydrogens (primary N) is 1. The van der Waals surface area contributed by atoms with Crippen LogP contribution in [0.5, 0.6) is 0 Å². The molecule has 5 atom stereocenters. The number of hydrogen-bond donors (Lipinski definition) is 8. The molecule has 4 aromatic rings. The van der Waals surface area contributed by atoms with Crippen LogP contribution < -0.4 is 43.2 Å². The van der Waals surface area contributed by atoms with Crippen LogP contribution in [-0.2, 0) is 92.1 Å². The third-order valence-electron chi connectivity index (χ3n) is 18.9. The lowest BCUT2D eigenvalue weighted by Crippen LogP contribution is -2.54. The van der Waals surface area contributed by atoms with Gasteiger partial charge in [0.2, 0.25) is 35.4 Å². The number of rotatable bonds is 29. The summed E-state index contributed by atoms with van der Waals surface area (Å²) in [6.45, 7) is 8.25. The summed E-state index contributed by atoms with van der Waals surface area (Å²) in [5, 5.41) is 27.3. The van der Waals surface area contributed by atoms with E-state index in [4.69, 9.17) is 29.7 Å². The highest BCUT2D eigenvalue weighted by Crippen LogP contribution is 2.48. The highest BCUT2D eigenvalue weighted by atomic mass is 19.1. The summed E-state index contributed by atoms with van der Waals surface area (Å²) in [7, 11) is 1.61. The molecule has 9 amide bonds. The highest BCUT2D eigenvalue weighted by Gasteiger charge is 2.47. The standard InChI is InChI=1S/C67H84FN11O16/c1-8-66(6,35-95-65(4,5)23-24-70-60(86)40-17-15-38(16-18-40)31-79-54(84)21-22-55(79)85)94-34-53(83)72-28-50(80)71-30-52(82)75-47(27-69)61(87)73-29-51(81)74-36-93-59(39-13-11-10-12-14-39)63(89)77(7)48-20-19-41-37(3)45(68)26-46-56(41)57(48)42-32-78-49(58(42)76-46)25-44-43(62(78)88)33-92-64(90)67(44,91)9-2/h10-14,21-22,25-26,38,40,47-48,59,91H,8-9,15-20,23-24,27-36,69H2,1-7H3,(H,70,86)(H,71,80)(H,72,83)(H,73,87)(H,74,81)(H,75,82)/t38?,40?,47?,48-,59?,66?,67-/m0/s1. The molecule has 5 heterocycles. The van der Waals surface area contributed by atoms with Crippen molar-refractivity contribution < 1.29 is 76.4 Å². The van der Waals surface area contributed by atoms with Gasteiger partial charge in [-0.3, -0.25) is 52.8 Å². The number of cyclic esters (lactones) is 1. The van der Waals surface area contributed by atoms with Crippen LogP contribution in [0, 0.1) is 24.6 Å². The molecule has 2 aliphatic carbocycles. The second-order valence-electron chi connectivity index (χ2n) is 25.7. The van der Waals surface area contributed by atoms with Gasteiger partial charge < -0.3 is 71.2 Å². The fourth-order valence-electron chi connectivity index (χ4n) is 12.7. The molecule has 3 aliphatic heterocycles. The number of pyridine rings is 2. The number of esters is 1. The molecule has 95 heavy (non-hydrogen) atoms. The van der Waals surface area contributed by atoms with Gasteiger partial charge in [0, 0.05) is 67.3 Å². The summed E-state index contributed by atoms with van der Waals surface area (Å²) in [5.74, 6) is -6.21. The molecule has 5 aliphatic rings. The Labute approximate surface area is 548 Å². The molecule has 0 radical (unpaired) electrons. The van der Waals surface area contributed by atoms with Gasteiger partial charge in [0.05, 0.1) is 72.5 Å². The number of likely N-dealkylation sites (N-methyl/N-ethyl adjacent to an activating group) is 1. The average molecular weight is 1320 g/mol. The number of amides is 9. The molecule has 1 fully saturated rings. The van der Waals surface area contributed by atoms with E-state index in [0.29, 0.717) is 102 Å². The number of fused-ring (bicyclic) bond motifs is 5. The quantitative estimate of drug-likeness (QED) is 0.0192. The first kappa shape index (κ1) is 70.5. The number of carbonyl (C=O) groups excluding carboxylic acids is 10. The topological polar surface area (TPSA) is 367 Å². The van der Waals surface area contributed by atoms with Crippen molar-refractivity contribution in [1.29, 1.82) is 0 Å². The molecule has 2 aromatic carbocycles. The minimum Gasteiger partial charge on any atom is -0.458 e. The van der Waals surface area contributed by atoms with Crippen molar-refractivity contribution in [2.45, 2.75) is 147 Å². The minimum atomic E-state index is -2.08. The van der Waals surface area contributed by atoms with Gasteiger partial charge in [0.25, 0.3) is 23.3 Å². The van der Waals surface area contributed by atoms with E-state index >= 15 is 4.39 Å². The molecule has 28 heteroatoms. The van der Waals surface area contributed by atoms with Crippen LogP contribution in [0.4, 0.5) is 4.39 Å². The number of imide groups is 1. The van der Waals surface area contributed by atoms with Crippen molar-refractivity contribution >= 4 is 70.0 Å². The van der Waals surface area contributed by atoms with Crippen LogP contribution in [0.15, 0.2) is 59.4 Å². The smallest absolute Gasteiger partial charge is 0.343 e. The van der Waals surface area contributed by atoms with Crippen LogP contribution in [-0.4, -0.2) is 167 Å². The number of nitrogens with zero attached hydrogens (tertiary/aromatic N) is 4. The monoisotopic (exact) mass is 1320 g/mol. The van der Waals surface area contributed by atoms with Crippen molar-refractivity contribution in [2.75, 3.05) is 66.3 Å². The zero-order chi connectivity index (χ0) is 68.7. The third kappa shape index (κ3) is 15.8. The molecule has 1 saturated carbocycles. The Morgan fingerprint density at radius 1 is 0.853 bits per heavy atom. The predicted molar refractivity (Wildman–Crippen MR) is 340 cm³/mol. The van der Waals surface area contributed by atoms with Gasteiger partial charge in [-0.2, -0.15) is 0 Å². The van der Waals surface area contributed by atoms with Crippen LogP contribution in [0.3, 0.4) is 0 Å². The van der Waals surface area contributed by atoms with Crippen LogP contribution in [0.1, 0.15) is 137 Å². The summed E-state index contributed by atoms with van der Waals surface area (Å²) in [4.78, 5) is 151. The zero-order valence-corrected chi connectivity index (χ0v) is 54.5. The van der Waals surface area contributed by atoms with E-state index in [1.54, 1.807) is 64.2 Å². The summed E-state index contributed by atoms with van der Waals surface area (Å²) in [5.41, 5.74) is 5.71. The number of benzene rings is 2. The largest absolute Gasteiger partial charge is 0.458 e. The number of hydrogen-bond acceptors (Lipinski definition) is 18. The molecular weight excluding hydrogens is 1230 g/mol. The highest BCUT2D eigenvalue weighted by molar-refractivity contribution is 6.13. The van der Waals surface area contributed by atoms with E-state index in [-0.39, 0.29) is 73.4 Å². The number of halogens is 1. The third-order valence-corrected chi connectivity index (χ3v) is 18.9. The molecule has 0 saturated heterocycles. The first-order valence-electron chi connectivity index (χ1n) is 32.1. The molecule has 510 valence electrons. The van der Waals surface area contributed by atoms with Gasteiger partial charge >= 0.3 is 5.97 Å². The Morgan fingerprint density at radius 3 is 2.21 bits per heavy atom. The van der Waals surface area contributed by atoms with Crippen LogP contribution in [0.2, 0.25) is 0 Å². The molecule has 27 nitrogen and oxygen atoms in total. The van der Waals surface area contributed by atoms with E-state index in [0.717, 1.165) is 12.8 Å². The number of aryl methyl sites for hydroxylation is 1. The van der Waals surface area contributed by atoms with Crippen LogP contribution in [0.25, 0.3) is 22.3 Å². The van der Waals surface area contributed by atoms with E-state index < -0.39 is 121 Å². The SMILES string of the molecule is CCC(C)(COC(C)(C)CCNC(=O)C1CCC(CN2C(=O)C=CC2=O)CC1)OCC(=O)NCC(=O)NCC(=O)NC(CN)C(=O)NCC(=O)NCOC(C(=O)N(C)[C@H]1CCc2c(C)c(F)cc3nc4c(c1c23)Cn1c-4cc2c(c1=O)COC(=O)[C@]2(O)CC)c1ccccc1. The van der Waals surface area contributed by atoms with Crippen molar-refractivity contribution in [3.63, 3.8) is 0 Å². The number of nitrogens with one attached hydrogen (secondary N) is 6. The Morgan fingerprint density at radius 2 is 1.53 bits per heavy atom. The van der Waals surface area contributed by atoms with Crippen molar-refractivity contribution in [2.24, 2.45) is 17.6 Å². The van der Waals surface area contributed by atoms with E-state index in [9.17, 15) is 57.8 Å². The maximum atomic E-state index is 15.7. The molecular formula is C67H84FN11O16. The lowest BCUT2D eigenvalue weighted by atomic mass is 9.81. The summed E-state index contributed by atoms with van der Waals surface area (Å²) in [6.07, 6.45) is 5.68. The lowest BCUT2D eigenvalue weighted by molar-refractivity contribution is -0.172. The maximum Gasteiger partial charge on any atom is 0.343 e. The maximum absolute atomic E-state index is 15.7. The van der Waals surface area contributed by atoms with Crippen molar-refractivity contribution in [1.82, 2.24) is 51.3 Å². The van der Waals surface area contributed by atoms with E-state index in [1.807, 2.05) is 20.8 Å². The molecule has 9 N–H and O–H groups in total. The van der Waals surface area contributed by atoms with Gasteiger partial charge in [-0.05, 0) is 120 Å². The Hall–Kier alpha value is -8.83. The summed E-state index contributed by atoms with van der Waals surface area (Å²) < 4.78 is 40.7. The summed E-state index contributed by atoms with van der Waals surface area (Å²) in [6, 6.07) is 9.45. The van der Waals surface area contributed by atoms with Gasteiger partial charge in [-0.25, -0.2) is 14.2 Å². The van der Waals surface area contributed by atoms with Gasteiger partial charge in [-0.1, -0.05) is 44.2 Å². The Bertz CT molecular complexity index is 3760. The van der Waals surface area contributed by atoms with Crippen LogP contribution >= 0.6 is 0 Å². The fourth-order valence-corrected chi connectivity index (χ4v) is 12.7. The second kappa shape index (κ2) is 29.9. The molecule has 0 spiro atoms. The molecule has 9 rings (SSSR count). The first-order chi connectivity index (χ1) is 45.2. The molecule has 2 aromatic heterocycles. The normalized spacial score (nSPS) is 19.9. The Balaban J connectivity index is 0.701. The Kier molecular flexibility index (Phi) is 22.1. The summed E-state index contributed by atoms with van der Waals surface area (Å²) >= 11 is 0. The second-order valence-corrected chi connectivity index (χ2v) is 25.7. The predicted octanol–water partition coefficient (Wildman–Crippen LogP) is 1.81. The molecule has 3 unspecified atom stereocenters. The first-order valence-corrected chi connectivity index (χ1v) is 32.1. The van der Waals surface area contributed by atoms with Crippen molar-refractivity contribution in [3.05, 3.63) is 110 Å². The number of aromatic nitrogens is 2. The fraction of sp³-hybridized carbons (Fsp3) is 0.522. The van der Waals surface area contributed by atoms with Gasteiger partial charge in [0.15, 0.2) is 11.7 Å². The minimum absolute atomic E-state index is 0.0226. The van der Waals surface area contributed by atoms with E-state index in [1.165, 1.54) is 32.6 Å². The van der Waals surface area contributed by atoms with Gasteiger partial charge in [0.1, 0.15) is 31.8 Å². The zero-order valence-electron chi connectivity index (χ0n) is 54.5. The molecule has 0 bridgehead atoms. The lowest BCUT2D eigenvalue weighted by Gasteiger charge is -2.36. The average Bonchev–Trinajstić information content (AvgIpc) is 1.62. The van der Waals surface area contributed by atoms with Gasteiger partial charge in [-0.15, -0.1) is 0 Å². The van der Waals surface area contributed by atoms with Crippen molar-refractivity contribution in [3.8, 4) is 11.4 Å². The number of aliphatic hydroxyl groups is 1. The van der Waals surface area contributed by atoms with E-state index in [2.05, 4.69) is 31.9 Å². The number of carbonyl (C=O) groups is 10. The number of ether oxygens (including phenoxy) is 4.